The van der Waals surface area contributed by atoms with E-state index in [9.17, 15) is 13.2 Å². The van der Waals surface area contributed by atoms with Crippen LogP contribution in [0.1, 0.15) is 17.2 Å². The van der Waals surface area contributed by atoms with E-state index in [1.54, 1.807) is 6.07 Å². The van der Waals surface area contributed by atoms with Gasteiger partial charge in [0.25, 0.3) is 0 Å². The second kappa shape index (κ2) is 3.14. The lowest BCUT2D eigenvalue weighted by molar-refractivity contribution is -0.137. The van der Waals surface area contributed by atoms with Gasteiger partial charge in [0.05, 0.1) is 17.2 Å². The van der Waals surface area contributed by atoms with Crippen molar-refractivity contribution in [3.63, 3.8) is 0 Å². The number of rotatable bonds is 1. The minimum absolute atomic E-state index is 0.187. The van der Waals surface area contributed by atoms with Crippen molar-refractivity contribution in [3.05, 3.63) is 34.3 Å². The van der Waals surface area contributed by atoms with Crippen LogP contribution in [0.15, 0.2) is 18.2 Å². The molecule has 0 aliphatic carbocycles. The molecule has 0 saturated carbocycles. The van der Waals surface area contributed by atoms with Crippen molar-refractivity contribution in [2.24, 2.45) is 0 Å². The third-order valence-electron chi connectivity index (χ3n) is 2.00. The highest BCUT2D eigenvalue weighted by Crippen LogP contribution is 2.38. The summed E-state index contributed by atoms with van der Waals surface area (Å²) in [4.78, 5) is 0. The lowest BCUT2D eigenvalue weighted by Gasteiger charge is -2.09. The third kappa shape index (κ3) is 1.86. The van der Waals surface area contributed by atoms with Crippen LogP contribution < -0.4 is 0 Å². The highest BCUT2D eigenvalue weighted by Gasteiger charge is 2.35. The molecule has 0 radical (unpaired) electrons. The number of alkyl halides is 3. The van der Waals surface area contributed by atoms with Gasteiger partial charge in [0.15, 0.2) is 0 Å². The molecule has 5 heteroatoms. The molecule has 1 aromatic rings. The first-order valence-corrected chi connectivity index (χ1v) is 4.34. The van der Waals surface area contributed by atoms with Gasteiger partial charge in [0.2, 0.25) is 0 Å². The fraction of sp³-hybridized carbons (Fsp3) is 0.333. The minimum atomic E-state index is -4.40. The van der Waals surface area contributed by atoms with Crippen molar-refractivity contribution in [3.8, 4) is 0 Å². The molecule has 1 unspecified atom stereocenters. The van der Waals surface area contributed by atoms with Crippen LogP contribution in [-0.4, -0.2) is 6.61 Å². The Morgan fingerprint density at radius 2 is 2.00 bits per heavy atom. The maximum Gasteiger partial charge on any atom is 0.417 e. The van der Waals surface area contributed by atoms with E-state index < -0.39 is 11.7 Å². The lowest BCUT2D eigenvalue weighted by Crippen LogP contribution is -2.06. The summed E-state index contributed by atoms with van der Waals surface area (Å²) in [6, 6.07) is 3.84. The Morgan fingerprint density at radius 3 is 2.50 bits per heavy atom. The van der Waals surface area contributed by atoms with E-state index in [0.29, 0.717) is 12.2 Å². The smallest absolute Gasteiger partial charge is 0.368 e. The summed E-state index contributed by atoms with van der Waals surface area (Å²) in [5.74, 6) is 0. The molecule has 1 saturated heterocycles. The van der Waals surface area contributed by atoms with Gasteiger partial charge in [-0.25, -0.2) is 0 Å². The van der Waals surface area contributed by atoms with Crippen LogP contribution in [0, 0.1) is 0 Å². The van der Waals surface area contributed by atoms with Crippen LogP contribution in [0.25, 0.3) is 0 Å². The van der Waals surface area contributed by atoms with E-state index in [-0.39, 0.29) is 11.1 Å². The first kappa shape index (κ1) is 9.80. The number of benzene rings is 1. The molecule has 1 heterocycles. The van der Waals surface area contributed by atoms with Crippen molar-refractivity contribution in [1.82, 2.24) is 0 Å². The fourth-order valence-electron chi connectivity index (χ4n) is 1.20. The topological polar surface area (TPSA) is 12.5 Å². The molecule has 2 rings (SSSR count). The second-order valence-electron chi connectivity index (χ2n) is 3.06. The maximum absolute atomic E-state index is 12.4. The molecule has 14 heavy (non-hydrogen) atoms. The molecular weight excluding hydrogens is 217 g/mol. The zero-order valence-electron chi connectivity index (χ0n) is 6.94. The number of halogens is 4. The van der Waals surface area contributed by atoms with Crippen LogP contribution in [0.4, 0.5) is 13.2 Å². The standard InChI is InChI=1S/C9H6ClF3O/c10-7-2-1-5(8-4-14-8)3-6(7)9(11,12)13/h1-3,8H,4H2. The number of ether oxygens (including phenoxy) is 1. The van der Waals surface area contributed by atoms with Gasteiger partial charge in [0, 0.05) is 0 Å². The van der Waals surface area contributed by atoms with Gasteiger partial charge >= 0.3 is 6.18 Å². The van der Waals surface area contributed by atoms with E-state index in [2.05, 4.69) is 0 Å². The first-order chi connectivity index (χ1) is 6.48. The Hall–Kier alpha value is -0.740. The van der Waals surface area contributed by atoms with Crippen LogP contribution in [0.5, 0.6) is 0 Å². The molecule has 1 fully saturated rings. The first-order valence-electron chi connectivity index (χ1n) is 3.97. The zero-order valence-corrected chi connectivity index (χ0v) is 7.69. The summed E-state index contributed by atoms with van der Waals surface area (Å²) in [7, 11) is 0. The van der Waals surface area contributed by atoms with E-state index in [4.69, 9.17) is 16.3 Å². The average molecular weight is 223 g/mol. The van der Waals surface area contributed by atoms with Crippen LogP contribution in [0.2, 0.25) is 5.02 Å². The zero-order chi connectivity index (χ0) is 10.3. The summed E-state index contributed by atoms with van der Waals surface area (Å²) in [5.41, 5.74) is -0.270. The van der Waals surface area contributed by atoms with Crippen molar-refractivity contribution in [2.75, 3.05) is 6.61 Å². The van der Waals surface area contributed by atoms with Gasteiger partial charge in [-0.05, 0) is 17.7 Å². The Morgan fingerprint density at radius 1 is 1.36 bits per heavy atom. The van der Waals surface area contributed by atoms with Gasteiger partial charge in [-0.2, -0.15) is 13.2 Å². The van der Waals surface area contributed by atoms with Gasteiger partial charge < -0.3 is 4.74 Å². The summed E-state index contributed by atoms with van der Waals surface area (Å²) in [6.45, 7) is 0.485. The van der Waals surface area contributed by atoms with Crippen LogP contribution >= 0.6 is 11.6 Å². The van der Waals surface area contributed by atoms with E-state index >= 15 is 0 Å². The van der Waals surface area contributed by atoms with E-state index in [1.165, 1.54) is 6.07 Å². The number of hydrogen-bond donors (Lipinski definition) is 0. The van der Waals surface area contributed by atoms with Crippen molar-refractivity contribution in [2.45, 2.75) is 12.3 Å². The third-order valence-corrected chi connectivity index (χ3v) is 2.33. The van der Waals surface area contributed by atoms with E-state index in [0.717, 1.165) is 6.07 Å². The molecule has 0 N–H and O–H groups in total. The molecule has 0 aromatic heterocycles. The summed E-state index contributed by atoms with van der Waals surface area (Å²) in [6.07, 6.45) is -4.59. The Bertz CT molecular complexity index is 358. The monoisotopic (exact) mass is 222 g/mol. The predicted octanol–water partition coefficient (Wildman–Crippen LogP) is 3.43. The van der Waals surface area contributed by atoms with Gasteiger partial charge in [-0.3, -0.25) is 0 Å². The molecular formula is C9H6ClF3O. The average Bonchev–Trinajstić information content (AvgIpc) is 2.85. The molecule has 1 aliphatic rings. The van der Waals surface area contributed by atoms with Crippen molar-refractivity contribution < 1.29 is 17.9 Å². The molecule has 0 spiro atoms. The van der Waals surface area contributed by atoms with Crippen LogP contribution in [0.3, 0.4) is 0 Å². The molecule has 1 atom stereocenters. The molecule has 1 aromatic carbocycles. The maximum atomic E-state index is 12.4. The van der Waals surface area contributed by atoms with Crippen molar-refractivity contribution >= 4 is 11.6 Å². The lowest BCUT2D eigenvalue weighted by atomic mass is 10.1. The molecule has 0 bridgehead atoms. The number of epoxide rings is 1. The largest absolute Gasteiger partial charge is 0.417 e. The normalized spacial score (nSPS) is 21.0. The summed E-state index contributed by atoms with van der Waals surface area (Å²) >= 11 is 5.45. The second-order valence-corrected chi connectivity index (χ2v) is 3.47. The fourth-order valence-corrected chi connectivity index (χ4v) is 1.43. The Balaban J connectivity index is 2.41. The van der Waals surface area contributed by atoms with Gasteiger partial charge in [-0.15, -0.1) is 0 Å². The minimum Gasteiger partial charge on any atom is -0.368 e. The molecule has 1 aliphatic heterocycles. The van der Waals surface area contributed by atoms with E-state index in [1.807, 2.05) is 0 Å². The molecule has 0 amide bonds. The Labute approximate surface area is 83.4 Å². The predicted molar refractivity (Wildman–Crippen MR) is 45.1 cm³/mol. The SMILES string of the molecule is FC(F)(F)c1cc(C2CO2)ccc1Cl. The van der Waals surface area contributed by atoms with Gasteiger partial charge in [-0.1, -0.05) is 17.7 Å². The Kier molecular flexibility index (Phi) is 2.20. The molecule has 76 valence electrons. The van der Waals surface area contributed by atoms with Crippen LogP contribution in [-0.2, 0) is 10.9 Å². The highest BCUT2D eigenvalue weighted by atomic mass is 35.5. The number of hydrogen-bond acceptors (Lipinski definition) is 1. The summed E-state index contributed by atoms with van der Waals surface area (Å²) < 4.78 is 42.1. The highest BCUT2D eigenvalue weighted by molar-refractivity contribution is 6.31. The van der Waals surface area contributed by atoms with Crippen molar-refractivity contribution in [1.29, 1.82) is 0 Å². The summed E-state index contributed by atoms with van der Waals surface area (Å²) in [5, 5.41) is -0.276. The van der Waals surface area contributed by atoms with Gasteiger partial charge in [0.1, 0.15) is 6.10 Å². The molecule has 1 nitrogen and oxygen atoms in total. The quantitative estimate of drug-likeness (QED) is 0.664.